The van der Waals surface area contributed by atoms with Crippen LogP contribution in [0.2, 0.25) is 0 Å². The van der Waals surface area contributed by atoms with Gasteiger partial charge in [-0.3, -0.25) is 4.90 Å². The topological polar surface area (TPSA) is 23.5 Å². The Kier molecular flexibility index (Phi) is 3.96. The molecule has 1 heterocycles. The molecule has 1 N–H and O–H groups in total. The lowest BCUT2D eigenvalue weighted by Gasteiger charge is -2.43. The van der Waals surface area contributed by atoms with Gasteiger partial charge < -0.3 is 5.11 Å². The van der Waals surface area contributed by atoms with E-state index >= 15 is 0 Å². The van der Waals surface area contributed by atoms with Crippen molar-refractivity contribution in [3.05, 3.63) is 0 Å². The van der Waals surface area contributed by atoms with Crippen molar-refractivity contribution in [3.63, 3.8) is 0 Å². The third-order valence-corrected chi connectivity index (χ3v) is 3.68. The van der Waals surface area contributed by atoms with Crippen LogP contribution in [0.4, 0.5) is 0 Å². The zero-order chi connectivity index (χ0) is 10.8. The molecular formula is C12H25NO. The summed E-state index contributed by atoms with van der Waals surface area (Å²) in [7, 11) is 0. The van der Waals surface area contributed by atoms with Gasteiger partial charge in [0.2, 0.25) is 0 Å². The Morgan fingerprint density at radius 3 is 2.43 bits per heavy atom. The average Bonchev–Trinajstić information content (AvgIpc) is 2.15. The Morgan fingerprint density at radius 1 is 1.36 bits per heavy atom. The quantitative estimate of drug-likeness (QED) is 0.736. The summed E-state index contributed by atoms with van der Waals surface area (Å²) in [6.45, 7) is 11.7. The maximum Gasteiger partial charge on any atom is 0.0586 e. The summed E-state index contributed by atoms with van der Waals surface area (Å²) in [5, 5.41) is 9.33. The zero-order valence-electron chi connectivity index (χ0n) is 10.1. The van der Waals surface area contributed by atoms with E-state index in [1.807, 2.05) is 0 Å². The monoisotopic (exact) mass is 199 g/mol. The maximum atomic E-state index is 9.33. The van der Waals surface area contributed by atoms with Gasteiger partial charge >= 0.3 is 0 Å². The van der Waals surface area contributed by atoms with E-state index in [0.717, 1.165) is 25.4 Å². The van der Waals surface area contributed by atoms with E-state index < -0.39 is 0 Å². The largest absolute Gasteiger partial charge is 0.395 e. The first kappa shape index (κ1) is 12.0. The summed E-state index contributed by atoms with van der Waals surface area (Å²) in [6, 6.07) is 0.401. The molecule has 0 bridgehead atoms. The standard InChI is InChI=1S/C12H25NO/c1-5-13-7-6-10(12(2,3)4)8-11(13)9-14/h10-11,14H,5-9H2,1-4H3. The van der Waals surface area contributed by atoms with Crippen molar-refractivity contribution in [1.82, 2.24) is 4.90 Å². The normalized spacial score (nSPS) is 30.6. The van der Waals surface area contributed by atoms with Crippen molar-refractivity contribution in [2.75, 3.05) is 19.7 Å². The van der Waals surface area contributed by atoms with E-state index in [9.17, 15) is 5.11 Å². The minimum absolute atomic E-state index is 0.320. The lowest BCUT2D eigenvalue weighted by Crippen LogP contribution is -2.46. The van der Waals surface area contributed by atoms with Crippen LogP contribution in [-0.4, -0.2) is 35.7 Å². The van der Waals surface area contributed by atoms with Gasteiger partial charge in [-0.2, -0.15) is 0 Å². The number of aliphatic hydroxyl groups excluding tert-OH is 1. The summed E-state index contributed by atoms with van der Waals surface area (Å²) >= 11 is 0. The van der Waals surface area contributed by atoms with Crippen LogP contribution < -0.4 is 0 Å². The van der Waals surface area contributed by atoms with Gasteiger partial charge in [0.05, 0.1) is 6.61 Å². The molecule has 1 aliphatic rings. The van der Waals surface area contributed by atoms with E-state index in [4.69, 9.17) is 0 Å². The number of likely N-dealkylation sites (tertiary alicyclic amines) is 1. The fourth-order valence-corrected chi connectivity index (χ4v) is 2.49. The van der Waals surface area contributed by atoms with Gasteiger partial charge in [0.15, 0.2) is 0 Å². The number of hydrogen-bond acceptors (Lipinski definition) is 2. The lowest BCUT2D eigenvalue weighted by molar-refractivity contribution is 0.0346. The summed E-state index contributed by atoms with van der Waals surface area (Å²) in [5.74, 6) is 0.766. The van der Waals surface area contributed by atoms with Crippen LogP contribution in [0.15, 0.2) is 0 Å². The molecule has 2 unspecified atom stereocenters. The van der Waals surface area contributed by atoms with Crippen LogP contribution in [0.5, 0.6) is 0 Å². The van der Waals surface area contributed by atoms with Crippen molar-refractivity contribution in [1.29, 1.82) is 0 Å². The number of likely N-dealkylation sites (N-methyl/N-ethyl adjacent to an activating group) is 1. The van der Waals surface area contributed by atoms with Crippen LogP contribution in [0.3, 0.4) is 0 Å². The smallest absolute Gasteiger partial charge is 0.0586 e. The molecule has 1 aliphatic heterocycles. The van der Waals surface area contributed by atoms with Gasteiger partial charge in [0.1, 0.15) is 0 Å². The van der Waals surface area contributed by atoms with Crippen LogP contribution in [0.25, 0.3) is 0 Å². The third-order valence-electron chi connectivity index (χ3n) is 3.68. The first-order valence-electron chi connectivity index (χ1n) is 5.84. The second-order valence-electron chi connectivity index (χ2n) is 5.55. The number of piperidine rings is 1. The first-order valence-corrected chi connectivity index (χ1v) is 5.84. The maximum absolute atomic E-state index is 9.33. The number of hydrogen-bond donors (Lipinski definition) is 1. The average molecular weight is 199 g/mol. The molecule has 14 heavy (non-hydrogen) atoms. The highest BCUT2D eigenvalue weighted by molar-refractivity contribution is 4.86. The van der Waals surface area contributed by atoms with Gasteiger partial charge in [0, 0.05) is 6.04 Å². The molecule has 0 aromatic heterocycles. The minimum atomic E-state index is 0.320. The molecule has 0 saturated carbocycles. The van der Waals surface area contributed by atoms with Gasteiger partial charge in [0.25, 0.3) is 0 Å². The van der Waals surface area contributed by atoms with Crippen LogP contribution in [-0.2, 0) is 0 Å². The first-order chi connectivity index (χ1) is 6.49. The van der Waals surface area contributed by atoms with Crippen LogP contribution in [0, 0.1) is 11.3 Å². The van der Waals surface area contributed by atoms with Crippen molar-refractivity contribution < 1.29 is 5.11 Å². The van der Waals surface area contributed by atoms with E-state index in [1.165, 1.54) is 6.42 Å². The van der Waals surface area contributed by atoms with Crippen molar-refractivity contribution in [2.24, 2.45) is 11.3 Å². The highest BCUT2D eigenvalue weighted by Crippen LogP contribution is 2.36. The SMILES string of the molecule is CCN1CCC(C(C)(C)C)CC1CO. The lowest BCUT2D eigenvalue weighted by atomic mass is 9.73. The molecule has 2 nitrogen and oxygen atoms in total. The van der Waals surface area contributed by atoms with Gasteiger partial charge in [-0.05, 0) is 37.3 Å². The summed E-state index contributed by atoms with van der Waals surface area (Å²) in [6.07, 6.45) is 2.45. The van der Waals surface area contributed by atoms with E-state index in [0.29, 0.717) is 18.1 Å². The molecular weight excluding hydrogens is 174 g/mol. The zero-order valence-corrected chi connectivity index (χ0v) is 10.1. The highest BCUT2D eigenvalue weighted by atomic mass is 16.3. The molecule has 84 valence electrons. The van der Waals surface area contributed by atoms with Gasteiger partial charge in [-0.1, -0.05) is 27.7 Å². The second kappa shape index (κ2) is 4.63. The Hall–Kier alpha value is -0.0800. The molecule has 0 aromatic rings. The van der Waals surface area contributed by atoms with Crippen LogP contribution >= 0.6 is 0 Å². The highest BCUT2D eigenvalue weighted by Gasteiger charge is 2.33. The van der Waals surface area contributed by atoms with Crippen molar-refractivity contribution >= 4 is 0 Å². The molecule has 0 radical (unpaired) electrons. The molecule has 2 heteroatoms. The molecule has 0 aromatic carbocycles. The second-order valence-corrected chi connectivity index (χ2v) is 5.55. The predicted octanol–water partition coefficient (Wildman–Crippen LogP) is 2.13. The molecule has 0 amide bonds. The van der Waals surface area contributed by atoms with E-state index in [1.54, 1.807) is 0 Å². The Balaban J connectivity index is 2.57. The Bertz CT molecular complexity index is 174. The van der Waals surface area contributed by atoms with Crippen LogP contribution in [0.1, 0.15) is 40.5 Å². The number of aliphatic hydroxyl groups is 1. The molecule has 2 atom stereocenters. The predicted molar refractivity (Wildman–Crippen MR) is 60.3 cm³/mol. The Labute approximate surface area is 88.3 Å². The molecule has 1 rings (SSSR count). The van der Waals surface area contributed by atoms with E-state index in [2.05, 4.69) is 32.6 Å². The molecule has 0 aliphatic carbocycles. The fraction of sp³-hybridized carbons (Fsp3) is 1.00. The number of nitrogens with zero attached hydrogens (tertiary/aromatic N) is 1. The third kappa shape index (κ3) is 2.71. The summed E-state index contributed by atoms with van der Waals surface area (Å²) < 4.78 is 0. The number of rotatable bonds is 2. The molecule has 0 spiro atoms. The van der Waals surface area contributed by atoms with E-state index in [-0.39, 0.29) is 0 Å². The molecule has 1 saturated heterocycles. The van der Waals surface area contributed by atoms with Gasteiger partial charge in [-0.25, -0.2) is 0 Å². The summed E-state index contributed by atoms with van der Waals surface area (Å²) in [4.78, 5) is 2.41. The summed E-state index contributed by atoms with van der Waals surface area (Å²) in [5.41, 5.74) is 0.396. The van der Waals surface area contributed by atoms with Crippen molar-refractivity contribution in [2.45, 2.75) is 46.6 Å². The molecule has 1 fully saturated rings. The fourth-order valence-electron chi connectivity index (χ4n) is 2.49. The Morgan fingerprint density at radius 2 is 2.00 bits per heavy atom. The van der Waals surface area contributed by atoms with Gasteiger partial charge in [-0.15, -0.1) is 0 Å². The minimum Gasteiger partial charge on any atom is -0.395 e. The van der Waals surface area contributed by atoms with Crippen molar-refractivity contribution in [3.8, 4) is 0 Å².